The molecule has 0 aliphatic carbocycles. The zero-order valence-corrected chi connectivity index (χ0v) is 12.1. The van der Waals surface area contributed by atoms with Gasteiger partial charge in [-0.3, -0.25) is 4.79 Å². The van der Waals surface area contributed by atoms with Crippen LogP contribution in [0.25, 0.3) is 0 Å². The topological polar surface area (TPSA) is 79.8 Å². The highest BCUT2D eigenvalue weighted by Gasteiger charge is 2.10. The maximum absolute atomic E-state index is 11.8. The highest BCUT2D eigenvalue weighted by atomic mass is 32.1. The van der Waals surface area contributed by atoms with E-state index >= 15 is 0 Å². The van der Waals surface area contributed by atoms with Crippen LogP contribution in [0.4, 0.5) is 11.1 Å². The van der Waals surface area contributed by atoms with E-state index in [0.29, 0.717) is 23.3 Å². The summed E-state index contributed by atoms with van der Waals surface area (Å²) in [5.74, 6) is 0.330. The quantitative estimate of drug-likeness (QED) is 0.766. The number of hydrogen-bond acceptors (Lipinski definition) is 6. The lowest BCUT2D eigenvalue weighted by Gasteiger charge is -2.01. The zero-order chi connectivity index (χ0) is 14.2. The minimum Gasteiger partial charge on any atom is -0.351 e. The molecule has 6 nitrogen and oxygen atoms in total. The van der Waals surface area contributed by atoms with Gasteiger partial charge < -0.3 is 10.6 Å². The molecule has 0 unspecified atom stereocenters. The second kappa shape index (κ2) is 7.54. The third kappa shape index (κ3) is 4.27. The molecular formula is C13H17N5OS. The van der Waals surface area contributed by atoms with Crippen molar-refractivity contribution in [2.75, 3.05) is 11.9 Å². The van der Waals surface area contributed by atoms with Crippen molar-refractivity contribution >= 4 is 28.3 Å². The number of aromatic nitrogens is 3. The van der Waals surface area contributed by atoms with Crippen molar-refractivity contribution < 1.29 is 4.79 Å². The molecule has 0 radical (unpaired) electrons. The van der Waals surface area contributed by atoms with Crippen LogP contribution in [0.2, 0.25) is 0 Å². The molecule has 0 spiro atoms. The molecule has 106 valence electrons. The Morgan fingerprint density at radius 1 is 1.30 bits per heavy atom. The van der Waals surface area contributed by atoms with Crippen molar-refractivity contribution in [1.29, 1.82) is 0 Å². The van der Waals surface area contributed by atoms with Crippen LogP contribution in [-0.2, 0) is 0 Å². The normalized spacial score (nSPS) is 10.2. The average molecular weight is 291 g/mol. The number of rotatable bonds is 7. The van der Waals surface area contributed by atoms with Gasteiger partial charge in [0, 0.05) is 24.3 Å². The number of hydrogen-bond donors (Lipinski definition) is 2. The summed E-state index contributed by atoms with van der Waals surface area (Å²) >= 11 is 1.35. The van der Waals surface area contributed by atoms with Crippen LogP contribution < -0.4 is 10.6 Å². The molecule has 0 saturated heterocycles. The van der Waals surface area contributed by atoms with Crippen LogP contribution >= 0.6 is 11.3 Å². The Morgan fingerprint density at radius 3 is 2.85 bits per heavy atom. The monoisotopic (exact) mass is 291 g/mol. The number of unbranched alkanes of at least 4 members (excludes halogenated alkanes) is 2. The number of nitrogens with one attached hydrogen (secondary N) is 2. The summed E-state index contributed by atoms with van der Waals surface area (Å²) in [6.07, 6.45) is 6.54. The van der Waals surface area contributed by atoms with Crippen molar-refractivity contribution in [2.24, 2.45) is 0 Å². The molecule has 0 aliphatic heterocycles. The Bertz CT molecular complexity index is 543. The summed E-state index contributed by atoms with van der Waals surface area (Å²) in [7, 11) is 0. The number of nitrogens with zero attached hydrogens (tertiary/aromatic N) is 3. The van der Waals surface area contributed by atoms with Crippen molar-refractivity contribution in [2.45, 2.75) is 26.2 Å². The van der Waals surface area contributed by atoms with E-state index in [1.807, 2.05) is 0 Å². The molecule has 2 heterocycles. The van der Waals surface area contributed by atoms with Gasteiger partial charge in [0.15, 0.2) is 5.13 Å². The first kappa shape index (κ1) is 14.4. The molecule has 2 N–H and O–H groups in total. The lowest BCUT2D eigenvalue weighted by atomic mass is 10.2. The zero-order valence-electron chi connectivity index (χ0n) is 11.3. The summed E-state index contributed by atoms with van der Waals surface area (Å²) < 4.78 is 0. The van der Waals surface area contributed by atoms with Crippen LogP contribution in [0.1, 0.15) is 36.7 Å². The van der Waals surface area contributed by atoms with Crippen LogP contribution in [0, 0.1) is 0 Å². The molecule has 20 heavy (non-hydrogen) atoms. The molecule has 2 rings (SSSR count). The van der Waals surface area contributed by atoms with E-state index in [1.54, 1.807) is 23.8 Å². The fraction of sp³-hybridized carbons (Fsp3) is 0.385. The maximum atomic E-state index is 11.8. The van der Waals surface area contributed by atoms with E-state index in [0.717, 1.165) is 19.3 Å². The Balaban J connectivity index is 1.87. The standard InChI is InChI=1S/C13H17N5OS/c1-2-3-4-6-14-11(19)10-9-20-13(17-10)18-12-15-7-5-8-16-12/h5,7-9H,2-4,6H2,1H3,(H,14,19)(H,15,16,17,18). The molecule has 0 aromatic carbocycles. The molecule has 0 fully saturated rings. The highest BCUT2D eigenvalue weighted by Crippen LogP contribution is 2.18. The Kier molecular flexibility index (Phi) is 5.43. The Labute approximate surface area is 121 Å². The third-order valence-electron chi connectivity index (χ3n) is 2.59. The minimum atomic E-state index is -0.139. The molecule has 7 heteroatoms. The van der Waals surface area contributed by atoms with E-state index in [2.05, 4.69) is 32.5 Å². The molecule has 0 aliphatic rings. The highest BCUT2D eigenvalue weighted by molar-refractivity contribution is 7.14. The lowest BCUT2D eigenvalue weighted by Crippen LogP contribution is -2.24. The smallest absolute Gasteiger partial charge is 0.270 e. The van der Waals surface area contributed by atoms with Crippen LogP contribution in [0.3, 0.4) is 0 Å². The second-order valence-corrected chi connectivity index (χ2v) is 5.06. The summed E-state index contributed by atoms with van der Waals surface area (Å²) in [4.78, 5) is 24.2. The van der Waals surface area contributed by atoms with Gasteiger partial charge in [0.05, 0.1) is 0 Å². The van der Waals surface area contributed by atoms with Gasteiger partial charge in [0.1, 0.15) is 5.69 Å². The van der Waals surface area contributed by atoms with Gasteiger partial charge in [-0.15, -0.1) is 11.3 Å². The molecule has 0 atom stereocenters. The van der Waals surface area contributed by atoms with E-state index < -0.39 is 0 Å². The number of carbonyl (C=O) groups is 1. The summed E-state index contributed by atoms with van der Waals surface area (Å²) in [5, 5.41) is 8.15. The predicted octanol–water partition coefficient (Wildman–Crippen LogP) is 2.60. The first-order valence-electron chi connectivity index (χ1n) is 6.57. The van der Waals surface area contributed by atoms with Gasteiger partial charge in [-0.2, -0.15) is 0 Å². The predicted molar refractivity (Wildman–Crippen MR) is 79.3 cm³/mol. The van der Waals surface area contributed by atoms with Crippen molar-refractivity contribution in [1.82, 2.24) is 20.3 Å². The maximum Gasteiger partial charge on any atom is 0.270 e. The molecule has 2 aromatic rings. The first-order chi connectivity index (χ1) is 9.79. The van der Waals surface area contributed by atoms with E-state index in [9.17, 15) is 4.79 Å². The van der Waals surface area contributed by atoms with Crippen molar-refractivity contribution in [3.63, 3.8) is 0 Å². The largest absolute Gasteiger partial charge is 0.351 e. The van der Waals surface area contributed by atoms with E-state index in [-0.39, 0.29) is 5.91 Å². The van der Waals surface area contributed by atoms with Gasteiger partial charge in [-0.25, -0.2) is 15.0 Å². The summed E-state index contributed by atoms with van der Waals surface area (Å²) in [6.45, 7) is 2.82. The Hall–Kier alpha value is -2.02. The molecule has 0 bridgehead atoms. The molecule has 0 saturated carbocycles. The number of anilines is 2. The van der Waals surface area contributed by atoms with Crippen molar-refractivity contribution in [3.8, 4) is 0 Å². The van der Waals surface area contributed by atoms with Crippen molar-refractivity contribution in [3.05, 3.63) is 29.5 Å². The summed E-state index contributed by atoms with van der Waals surface area (Å²) in [5.41, 5.74) is 0.421. The molecule has 1 amide bonds. The third-order valence-corrected chi connectivity index (χ3v) is 3.34. The fourth-order valence-corrected chi connectivity index (χ4v) is 2.25. The summed E-state index contributed by atoms with van der Waals surface area (Å²) in [6, 6.07) is 1.74. The lowest BCUT2D eigenvalue weighted by molar-refractivity contribution is 0.0949. The minimum absolute atomic E-state index is 0.139. The van der Waals surface area contributed by atoms with Crippen LogP contribution in [0.5, 0.6) is 0 Å². The van der Waals surface area contributed by atoms with Gasteiger partial charge >= 0.3 is 0 Å². The number of amides is 1. The molecular weight excluding hydrogens is 274 g/mol. The van der Waals surface area contributed by atoms with E-state index in [1.165, 1.54) is 11.3 Å². The van der Waals surface area contributed by atoms with E-state index in [4.69, 9.17) is 0 Å². The number of thiazole rings is 1. The molecule has 2 aromatic heterocycles. The average Bonchev–Trinajstić information content (AvgIpc) is 2.93. The van der Waals surface area contributed by atoms with Gasteiger partial charge in [0.25, 0.3) is 5.91 Å². The van der Waals surface area contributed by atoms with Gasteiger partial charge in [-0.05, 0) is 12.5 Å². The van der Waals surface area contributed by atoms with Gasteiger partial charge in [-0.1, -0.05) is 19.8 Å². The SMILES string of the molecule is CCCCCNC(=O)c1csc(Nc2ncccn2)n1. The van der Waals surface area contributed by atoms with Crippen LogP contribution in [-0.4, -0.2) is 27.4 Å². The first-order valence-corrected chi connectivity index (χ1v) is 7.45. The number of carbonyl (C=O) groups excluding carboxylic acids is 1. The van der Waals surface area contributed by atoms with Crippen LogP contribution in [0.15, 0.2) is 23.8 Å². The fourth-order valence-electron chi connectivity index (χ4n) is 1.56. The second-order valence-electron chi connectivity index (χ2n) is 4.20. The Morgan fingerprint density at radius 2 is 2.10 bits per heavy atom. The van der Waals surface area contributed by atoms with Gasteiger partial charge in [0.2, 0.25) is 5.95 Å².